The van der Waals surface area contributed by atoms with Gasteiger partial charge in [0, 0.05) is 24.7 Å². The minimum Gasteiger partial charge on any atom is -0.481 e. The van der Waals surface area contributed by atoms with E-state index in [-0.39, 0.29) is 38.0 Å². The van der Waals surface area contributed by atoms with Gasteiger partial charge < -0.3 is 36.9 Å². The third kappa shape index (κ3) is 11.5. The Kier molecular flexibility index (Phi) is 13.5. The molecule has 1 aromatic heterocycles. The first-order valence-electron chi connectivity index (χ1n) is 11.5. The molecule has 0 saturated heterocycles. The van der Waals surface area contributed by atoms with E-state index >= 15 is 0 Å². The number of H-pyrrole nitrogens is 1. The highest BCUT2D eigenvalue weighted by molar-refractivity contribution is 7.98. The predicted molar refractivity (Wildman–Crippen MR) is 133 cm³/mol. The molecular weight excluding hydrogens is 492 g/mol. The number of hydrogen-bond donors (Lipinski definition) is 7. The predicted octanol–water partition coefficient (Wildman–Crippen LogP) is -0.517. The highest BCUT2D eigenvalue weighted by atomic mass is 32.2. The van der Waals surface area contributed by atoms with E-state index in [0.29, 0.717) is 11.4 Å². The largest absolute Gasteiger partial charge is 0.481 e. The van der Waals surface area contributed by atoms with Crippen molar-refractivity contribution in [1.29, 1.82) is 0 Å². The number of imidazole rings is 1. The van der Waals surface area contributed by atoms with Crippen molar-refractivity contribution in [2.45, 2.75) is 70.1 Å². The molecule has 4 unspecified atom stereocenters. The van der Waals surface area contributed by atoms with Crippen molar-refractivity contribution in [3.8, 4) is 0 Å². The van der Waals surface area contributed by atoms with E-state index < -0.39 is 53.8 Å². The fourth-order valence-corrected chi connectivity index (χ4v) is 3.73. The van der Waals surface area contributed by atoms with Gasteiger partial charge in [0.25, 0.3) is 0 Å². The SMILES string of the molecule is CSCCC(NC(=O)C(N)CCC(=O)O)C(=O)NC(CC(C)C)C(=O)NC(Cc1cnc[nH]1)C(=O)O. The fraction of sp³-hybridized carbons (Fsp3) is 0.636. The van der Waals surface area contributed by atoms with Crippen LogP contribution in [0, 0.1) is 5.92 Å². The molecule has 14 heteroatoms. The third-order valence-corrected chi connectivity index (χ3v) is 5.83. The lowest BCUT2D eigenvalue weighted by molar-refractivity contribution is -0.142. The number of nitrogens with two attached hydrogens (primary N) is 1. The molecule has 3 amide bonds. The number of amides is 3. The second-order valence-corrected chi connectivity index (χ2v) is 9.74. The summed E-state index contributed by atoms with van der Waals surface area (Å²) in [7, 11) is 0. The standard InChI is InChI=1S/C22H36N6O7S/c1-12(2)8-16(21(33)28-17(22(34)35)9-13-10-24-11-25-13)27-20(32)15(6-7-36-3)26-19(31)14(23)4-5-18(29)30/h10-12,14-17H,4-9,23H2,1-3H3,(H,24,25)(H,26,31)(H,27,32)(H,28,33)(H,29,30)(H,34,35). The van der Waals surface area contributed by atoms with Crippen LogP contribution < -0.4 is 21.7 Å². The lowest BCUT2D eigenvalue weighted by Crippen LogP contribution is -2.57. The van der Waals surface area contributed by atoms with Crippen molar-refractivity contribution in [3.63, 3.8) is 0 Å². The number of carbonyl (C=O) groups excluding carboxylic acids is 3. The zero-order chi connectivity index (χ0) is 27.3. The molecule has 4 atom stereocenters. The molecule has 0 radical (unpaired) electrons. The Bertz CT molecular complexity index is 880. The van der Waals surface area contributed by atoms with E-state index in [1.807, 2.05) is 20.1 Å². The molecule has 0 saturated carbocycles. The van der Waals surface area contributed by atoms with Crippen LogP contribution in [0.5, 0.6) is 0 Å². The topological polar surface area (TPSA) is 217 Å². The molecule has 13 nitrogen and oxygen atoms in total. The molecule has 0 spiro atoms. The number of aromatic nitrogens is 2. The number of aliphatic carboxylic acids is 2. The van der Waals surface area contributed by atoms with Gasteiger partial charge in [-0.2, -0.15) is 11.8 Å². The number of carboxylic acids is 2. The van der Waals surface area contributed by atoms with Crippen LogP contribution >= 0.6 is 11.8 Å². The van der Waals surface area contributed by atoms with Crippen LogP contribution in [0.25, 0.3) is 0 Å². The van der Waals surface area contributed by atoms with Crippen LogP contribution in [-0.4, -0.2) is 86.0 Å². The molecule has 36 heavy (non-hydrogen) atoms. The van der Waals surface area contributed by atoms with Gasteiger partial charge in [0.1, 0.15) is 18.1 Å². The molecule has 0 bridgehead atoms. The van der Waals surface area contributed by atoms with Crippen LogP contribution in [0.2, 0.25) is 0 Å². The Labute approximate surface area is 213 Å². The first-order chi connectivity index (χ1) is 16.9. The molecule has 0 fully saturated rings. The van der Waals surface area contributed by atoms with Crippen molar-refractivity contribution in [2.24, 2.45) is 11.7 Å². The number of aromatic amines is 1. The van der Waals surface area contributed by atoms with Crippen LogP contribution in [-0.2, 0) is 30.4 Å². The Morgan fingerprint density at radius 3 is 2.14 bits per heavy atom. The molecule has 0 aliphatic carbocycles. The van der Waals surface area contributed by atoms with E-state index in [0.717, 1.165) is 0 Å². The van der Waals surface area contributed by atoms with Crippen molar-refractivity contribution in [2.75, 3.05) is 12.0 Å². The van der Waals surface area contributed by atoms with Gasteiger partial charge in [0.05, 0.1) is 12.4 Å². The summed E-state index contributed by atoms with van der Waals surface area (Å²) in [6.45, 7) is 3.69. The molecule has 8 N–H and O–H groups in total. The monoisotopic (exact) mass is 528 g/mol. The summed E-state index contributed by atoms with van der Waals surface area (Å²) in [6.07, 6.45) is 4.75. The first-order valence-corrected chi connectivity index (χ1v) is 12.9. The Morgan fingerprint density at radius 2 is 1.61 bits per heavy atom. The second-order valence-electron chi connectivity index (χ2n) is 8.75. The van der Waals surface area contributed by atoms with E-state index in [4.69, 9.17) is 10.8 Å². The van der Waals surface area contributed by atoms with Gasteiger partial charge >= 0.3 is 11.9 Å². The summed E-state index contributed by atoms with van der Waals surface area (Å²) >= 11 is 1.45. The van der Waals surface area contributed by atoms with Gasteiger partial charge in [-0.25, -0.2) is 9.78 Å². The summed E-state index contributed by atoms with van der Waals surface area (Å²) in [5, 5.41) is 26.0. The van der Waals surface area contributed by atoms with Crippen molar-refractivity contribution in [1.82, 2.24) is 25.9 Å². The lowest BCUT2D eigenvalue weighted by atomic mass is 10.0. The Balaban J connectivity index is 2.93. The van der Waals surface area contributed by atoms with Crippen molar-refractivity contribution < 1.29 is 34.2 Å². The number of thioether (sulfide) groups is 1. The fourth-order valence-electron chi connectivity index (χ4n) is 3.26. The second kappa shape index (κ2) is 15.8. The van der Waals surface area contributed by atoms with Crippen molar-refractivity contribution in [3.05, 3.63) is 18.2 Å². The number of hydrogen-bond acceptors (Lipinski definition) is 8. The molecule has 202 valence electrons. The van der Waals surface area contributed by atoms with Crippen LogP contribution in [0.15, 0.2) is 12.5 Å². The average Bonchev–Trinajstić information content (AvgIpc) is 3.31. The number of carboxylic acid groups (broad SMARTS) is 2. The van der Waals surface area contributed by atoms with Crippen molar-refractivity contribution >= 4 is 41.4 Å². The van der Waals surface area contributed by atoms with E-state index in [9.17, 15) is 29.1 Å². The number of nitrogens with zero attached hydrogens (tertiary/aromatic N) is 1. The summed E-state index contributed by atoms with van der Waals surface area (Å²) in [4.78, 5) is 67.6. The van der Waals surface area contributed by atoms with Gasteiger partial charge in [0.2, 0.25) is 17.7 Å². The summed E-state index contributed by atoms with van der Waals surface area (Å²) < 4.78 is 0. The minimum absolute atomic E-state index is 0.0133. The molecule has 1 rings (SSSR count). The van der Waals surface area contributed by atoms with E-state index in [2.05, 4.69) is 25.9 Å². The molecule has 1 heterocycles. The molecule has 0 aliphatic rings. The zero-order valence-corrected chi connectivity index (χ0v) is 21.5. The van der Waals surface area contributed by atoms with Gasteiger partial charge in [-0.15, -0.1) is 0 Å². The van der Waals surface area contributed by atoms with Crippen LogP contribution in [0.4, 0.5) is 0 Å². The maximum Gasteiger partial charge on any atom is 0.326 e. The average molecular weight is 529 g/mol. The number of rotatable bonds is 17. The van der Waals surface area contributed by atoms with Gasteiger partial charge in [0.15, 0.2) is 0 Å². The highest BCUT2D eigenvalue weighted by Crippen LogP contribution is 2.09. The van der Waals surface area contributed by atoms with Crippen LogP contribution in [0.1, 0.15) is 45.2 Å². The lowest BCUT2D eigenvalue weighted by Gasteiger charge is -2.26. The van der Waals surface area contributed by atoms with Gasteiger partial charge in [-0.1, -0.05) is 13.8 Å². The quantitative estimate of drug-likeness (QED) is 0.137. The smallest absolute Gasteiger partial charge is 0.326 e. The molecule has 0 aliphatic heterocycles. The van der Waals surface area contributed by atoms with Crippen LogP contribution in [0.3, 0.4) is 0 Å². The van der Waals surface area contributed by atoms with E-state index in [1.54, 1.807) is 0 Å². The Hall–Kier alpha value is -3.13. The summed E-state index contributed by atoms with van der Waals surface area (Å²) in [5.74, 6) is -3.79. The normalized spacial score (nSPS) is 14.4. The highest BCUT2D eigenvalue weighted by Gasteiger charge is 2.31. The van der Waals surface area contributed by atoms with Gasteiger partial charge in [-0.3, -0.25) is 19.2 Å². The third-order valence-electron chi connectivity index (χ3n) is 5.18. The maximum atomic E-state index is 13.1. The molecule has 1 aromatic rings. The summed E-state index contributed by atoms with van der Waals surface area (Å²) in [5.41, 5.74) is 6.28. The van der Waals surface area contributed by atoms with Gasteiger partial charge in [-0.05, 0) is 37.2 Å². The maximum absolute atomic E-state index is 13.1. The zero-order valence-electron chi connectivity index (χ0n) is 20.7. The van der Waals surface area contributed by atoms with E-state index in [1.165, 1.54) is 24.3 Å². The number of carbonyl (C=O) groups is 5. The molecular formula is C22H36N6O7S. The molecule has 0 aromatic carbocycles. The first kappa shape index (κ1) is 30.9. The summed E-state index contributed by atoms with van der Waals surface area (Å²) in [6, 6.07) is -4.41. The Morgan fingerprint density at radius 1 is 1.00 bits per heavy atom. The number of nitrogens with one attached hydrogen (secondary N) is 4. The minimum atomic E-state index is -1.25.